The van der Waals surface area contributed by atoms with Crippen molar-refractivity contribution in [2.24, 2.45) is 5.73 Å². The third-order valence-corrected chi connectivity index (χ3v) is 5.43. The smallest absolute Gasteiger partial charge is 0.326 e. The Morgan fingerprint density at radius 3 is 2.95 bits per heavy atom. The fourth-order valence-corrected chi connectivity index (χ4v) is 3.78. The topological polar surface area (TPSA) is 76.2 Å². The Bertz CT molecular complexity index is 589. The van der Waals surface area contributed by atoms with E-state index in [9.17, 15) is 4.79 Å². The van der Waals surface area contributed by atoms with Gasteiger partial charge in [0.25, 0.3) is 0 Å². The van der Waals surface area contributed by atoms with Gasteiger partial charge in [0.2, 0.25) is 0 Å². The Hall–Kier alpha value is -0.890. The molecule has 19 heavy (non-hydrogen) atoms. The van der Waals surface area contributed by atoms with Crippen LogP contribution < -0.4 is 5.73 Å². The quantitative estimate of drug-likeness (QED) is 0.802. The molecule has 0 amide bonds. The van der Waals surface area contributed by atoms with Gasteiger partial charge in [0.1, 0.15) is 11.0 Å². The Morgan fingerprint density at radius 1 is 1.53 bits per heavy atom. The lowest BCUT2D eigenvalue weighted by molar-refractivity contribution is -0.138. The molecule has 0 aliphatic heterocycles. The maximum absolute atomic E-state index is 10.8. The largest absolute Gasteiger partial charge is 0.480 e. The predicted octanol–water partition coefficient (Wildman–Crippen LogP) is 3.28. The minimum Gasteiger partial charge on any atom is -0.480 e. The van der Waals surface area contributed by atoms with E-state index < -0.39 is 12.0 Å². The Labute approximate surface area is 127 Å². The SMILES string of the molecule is NC(C(=O)O)c1csc(CSc2ccccc2Br)n1. The van der Waals surface area contributed by atoms with Crippen LogP contribution in [-0.4, -0.2) is 16.1 Å². The van der Waals surface area contributed by atoms with Crippen LogP contribution in [0.3, 0.4) is 0 Å². The molecular formula is C12H11BrN2O2S2. The van der Waals surface area contributed by atoms with Gasteiger partial charge in [-0.15, -0.1) is 23.1 Å². The first-order valence-electron chi connectivity index (χ1n) is 5.38. The lowest BCUT2D eigenvalue weighted by Crippen LogP contribution is -2.20. The van der Waals surface area contributed by atoms with Crippen LogP contribution in [0.2, 0.25) is 0 Å². The number of carbonyl (C=O) groups is 1. The number of benzene rings is 1. The number of carboxylic acid groups (broad SMARTS) is 1. The lowest BCUT2D eigenvalue weighted by atomic mass is 10.2. The minimum absolute atomic E-state index is 0.417. The van der Waals surface area contributed by atoms with Crippen LogP contribution >= 0.6 is 39.0 Å². The highest BCUT2D eigenvalue weighted by Crippen LogP contribution is 2.30. The summed E-state index contributed by atoms with van der Waals surface area (Å²) in [6.07, 6.45) is 0. The summed E-state index contributed by atoms with van der Waals surface area (Å²) in [5.41, 5.74) is 5.93. The van der Waals surface area contributed by atoms with Gasteiger partial charge in [0.15, 0.2) is 0 Å². The van der Waals surface area contributed by atoms with Gasteiger partial charge < -0.3 is 10.8 Å². The fraction of sp³-hybridized carbons (Fsp3) is 0.167. The van der Waals surface area contributed by atoms with Crippen LogP contribution in [0.15, 0.2) is 39.0 Å². The summed E-state index contributed by atoms with van der Waals surface area (Å²) in [5, 5.41) is 11.4. The molecule has 0 radical (unpaired) electrons. The van der Waals surface area contributed by atoms with Gasteiger partial charge in [0, 0.05) is 14.7 Å². The Morgan fingerprint density at radius 2 is 2.26 bits per heavy atom. The van der Waals surface area contributed by atoms with Crippen LogP contribution in [0.25, 0.3) is 0 Å². The first kappa shape index (κ1) is 14.5. The minimum atomic E-state index is -1.06. The molecule has 2 aromatic rings. The number of carboxylic acids is 1. The first-order chi connectivity index (χ1) is 9.08. The Kier molecular flexibility index (Phi) is 4.98. The zero-order chi connectivity index (χ0) is 13.8. The molecule has 1 aromatic heterocycles. The van der Waals surface area contributed by atoms with Crippen molar-refractivity contribution in [3.63, 3.8) is 0 Å². The van der Waals surface area contributed by atoms with E-state index in [4.69, 9.17) is 10.8 Å². The summed E-state index contributed by atoms with van der Waals surface area (Å²) in [4.78, 5) is 16.1. The molecule has 1 heterocycles. The number of thioether (sulfide) groups is 1. The summed E-state index contributed by atoms with van der Waals surface area (Å²) in [5.74, 6) is -0.366. The predicted molar refractivity (Wildman–Crippen MR) is 80.4 cm³/mol. The normalized spacial score (nSPS) is 12.3. The van der Waals surface area contributed by atoms with Crippen molar-refractivity contribution in [2.45, 2.75) is 16.7 Å². The third-order valence-electron chi connectivity index (χ3n) is 2.34. The van der Waals surface area contributed by atoms with Gasteiger partial charge in [-0.05, 0) is 28.1 Å². The second-order valence-corrected chi connectivity index (χ2v) is 6.52. The summed E-state index contributed by atoms with van der Waals surface area (Å²) in [6.45, 7) is 0. The van der Waals surface area contributed by atoms with Gasteiger partial charge in [0.05, 0.1) is 11.4 Å². The molecule has 4 nitrogen and oxygen atoms in total. The van der Waals surface area contributed by atoms with E-state index in [0.29, 0.717) is 11.4 Å². The van der Waals surface area contributed by atoms with Crippen molar-refractivity contribution in [1.29, 1.82) is 0 Å². The third kappa shape index (κ3) is 3.79. The number of halogens is 1. The van der Waals surface area contributed by atoms with Crippen LogP contribution in [0, 0.1) is 0 Å². The highest BCUT2D eigenvalue weighted by Gasteiger charge is 2.17. The van der Waals surface area contributed by atoms with E-state index in [1.165, 1.54) is 11.3 Å². The molecule has 0 aliphatic carbocycles. The number of hydrogen-bond acceptors (Lipinski definition) is 5. The van der Waals surface area contributed by atoms with Gasteiger partial charge >= 0.3 is 5.97 Å². The fourth-order valence-electron chi connectivity index (χ4n) is 1.36. The highest BCUT2D eigenvalue weighted by molar-refractivity contribution is 9.10. The lowest BCUT2D eigenvalue weighted by Gasteiger charge is -2.02. The number of nitrogens with two attached hydrogens (primary N) is 1. The van der Waals surface area contributed by atoms with E-state index in [2.05, 4.69) is 20.9 Å². The van der Waals surface area contributed by atoms with Gasteiger partial charge in [-0.3, -0.25) is 4.79 Å². The van der Waals surface area contributed by atoms with E-state index in [0.717, 1.165) is 14.4 Å². The highest BCUT2D eigenvalue weighted by atomic mass is 79.9. The molecule has 0 saturated heterocycles. The van der Waals surface area contributed by atoms with Crippen molar-refractivity contribution in [3.8, 4) is 0 Å². The van der Waals surface area contributed by atoms with Crippen LogP contribution in [0.4, 0.5) is 0 Å². The summed E-state index contributed by atoms with van der Waals surface area (Å²) >= 11 is 6.56. The number of thiazole rings is 1. The zero-order valence-corrected chi connectivity index (χ0v) is 13.0. The van der Waals surface area contributed by atoms with Crippen molar-refractivity contribution < 1.29 is 9.90 Å². The Balaban J connectivity index is 2.01. The molecule has 0 fully saturated rings. The van der Waals surface area contributed by atoms with Crippen LogP contribution in [0.5, 0.6) is 0 Å². The van der Waals surface area contributed by atoms with E-state index in [1.54, 1.807) is 17.1 Å². The average molecular weight is 359 g/mol. The van der Waals surface area contributed by atoms with Crippen molar-refractivity contribution in [3.05, 3.63) is 44.8 Å². The number of aromatic nitrogens is 1. The first-order valence-corrected chi connectivity index (χ1v) is 8.04. The molecule has 3 N–H and O–H groups in total. The molecule has 2 rings (SSSR count). The molecule has 100 valence electrons. The second kappa shape index (κ2) is 6.51. The average Bonchev–Trinajstić information content (AvgIpc) is 2.85. The van der Waals surface area contributed by atoms with Gasteiger partial charge in [-0.25, -0.2) is 4.98 Å². The summed E-state index contributed by atoms with van der Waals surface area (Å²) < 4.78 is 1.04. The van der Waals surface area contributed by atoms with Crippen molar-refractivity contribution in [1.82, 2.24) is 4.98 Å². The molecule has 0 bridgehead atoms. The summed E-state index contributed by atoms with van der Waals surface area (Å²) in [6, 6.07) is 6.89. The molecule has 7 heteroatoms. The molecule has 1 aromatic carbocycles. The summed E-state index contributed by atoms with van der Waals surface area (Å²) in [7, 11) is 0. The maximum Gasteiger partial charge on any atom is 0.326 e. The number of hydrogen-bond donors (Lipinski definition) is 2. The molecule has 1 atom stereocenters. The van der Waals surface area contributed by atoms with Crippen molar-refractivity contribution in [2.75, 3.05) is 0 Å². The molecule has 0 spiro atoms. The maximum atomic E-state index is 10.8. The second-order valence-electron chi connectivity index (χ2n) is 3.70. The monoisotopic (exact) mass is 358 g/mol. The van der Waals surface area contributed by atoms with Crippen LogP contribution in [0.1, 0.15) is 16.7 Å². The molecule has 0 aliphatic rings. The number of nitrogens with zero attached hydrogens (tertiary/aromatic N) is 1. The van der Waals surface area contributed by atoms with Crippen molar-refractivity contribution >= 4 is 45.0 Å². The van der Waals surface area contributed by atoms with Gasteiger partial charge in [-0.1, -0.05) is 12.1 Å². The zero-order valence-electron chi connectivity index (χ0n) is 9.75. The van der Waals surface area contributed by atoms with Gasteiger partial charge in [-0.2, -0.15) is 0 Å². The van der Waals surface area contributed by atoms with E-state index in [1.807, 2.05) is 24.3 Å². The number of rotatable bonds is 5. The van der Waals surface area contributed by atoms with Crippen LogP contribution in [-0.2, 0) is 10.5 Å². The van der Waals surface area contributed by atoms with E-state index in [-0.39, 0.29) is 0 Å². The van der Waals surface area contributed by atoms with E-state index >= 15 is 0 Å². The number of aliphatic carboxylic acids is 1. The molecular weight excluding hydrogens is 348 g/mol. The molecule has 0 saturated carbocycles. The molecule has 1 unspecified atom stereocenters. The standard InChI is InChI=1S/C12H11BrN2O2S2/c13-7-3-1-2-4-9(7)18-6-10-15-8(5-19-10)11(14)12(16)17/h1-5,11H,6,14H2,(H,16,17).